The molecule has 8 atom stereocenters. The van der Waals surface area contributed by atoms with E-state index >= 15 is 0 Å². The van der Waals surface area contributed by atoms with Gasteiger partial charge in [-0.1, -0.05) is 6.92 Å². The van der Waals surface area contributed by atoms with E-state index in [1.165, 1.54) is 7.11 Å². The number of esters is 2. The molecule has 4 fully saturated rings. The summed E-state index contributed by atoms with van der Waals surface area (Å²) in [6.07, 6.45) is 8.42. The average molecular weight is 476 g/mol. The number of aliphatic imine (C=N–C) groups is 1. The van der Waals surface area contributed by atoms with Gasteiger partial charge in [-0.15, -0.1) is 0 Å². The molecule has 0 radical (unpaired) electrons. The summed E-state index contributed by atoms with van der Waals surface area (Å²) in [7, 11) is 1.33. The molecule has 5 aliphatic rings. The first-order valence-electron chi connectivity index (χ1n) is 12.7. The van der Waals surface area contributed by atoms with E-state index in [0.717, 1.165) is 24.8 Å². The second-order valence-electron chi connectivity index (χ2n) is 11.6. The summed E-state index contributed by atoms with van der Waals surface area (Å²) in [5.41, 5.74) is -2.13. The topological polar surface area (TPSA) is 126 Å². The summed E-state index contributed by atoms with van der Waals surface area (Å²) in [6.45, 7) is 2.36. The van der Waals surface area contributed by atoms with Gasteiger partial charge >= 0.3 is 11.9 Å². The maximum absolute atomic E-state index is 12.4. The number of ether oxygens (including phenoxy) is 2. The number of carbonyl (C=O) groups is 2. The number of hydrogen-bond acceptors (Lipinski definition) is 8. The van der Waals surface area contributed by atoms with Crippen molar-refractivity contribution in [3.63, 3.8) is 0 Å². The number of hydrogen-bond donors (Lipinski definition) is 3. The molecule has 4 aliphatic carbocycles. The molecule has 1 heterocycles. The Bertz CT molecular complexity index is 932. The lowest BCUT2D eigenvalue weighted by Gasteiger charge is -2.65. The Balaban J connectivity index is 1.51. The van der Waals surface area contributed by atoms with Crippen LogP contribution in [0.1, 0.15) is 64.7 Å². The number of aliphatic hydroxyl groups is 3. The molecule has 5 rings (SSSR count). The third-order valence-electron chi connectivity index (χ3n) is 10.4. The van der Waals surface area contributed by atoms with E-state index in [9.17, 15) is 24.9 Å². The van der Waals surface area contributed by atoms with Gasteiger partial charge in [0.1, 0.15) is 13.2 Å². The average Bonchev–Trinajstić information content (AvgIpc) is 3.33. The Morgan fingerprint density at radius 1 is 1.18 bits per heavy atom. The highest BCUT2D eigenvalue weighted by atomic mass is 16.5. The summed E-state index contributed by atoms with van der Waals surface area (Å²) in [6, 6.07) is 0. The van der Waals surface area contributed by atoms with Crippen molar-refractivity contribution in [1.82, 2.24) is 0 Å². The zero-order valence-corrected chi connectivity index (χ0v) is 20.2. The molecule has 0 aromatic carbocycles. The maximum Gasteiger partial charge on any atom is 0.331 e. The highest BCUT2D eigenvalue weighted by Crippen LogP contribution is 2.70. The van der Waals surface area contributed by atoms with Crippen molar-refractivity contribution in [3.8, 4) is 0 Å². The number of fused-ring (bicyclic) bond motifs is 5. The van der Waals surface area contributed by atoms with Crippen LogP contribution in [0.25, 0.3) is 0 Å². The number of nitrogens with zero attached hydrogens (tertiary/aromatic N) is 1. The lowest BCUT2D eigenvalue weighted by atomic mass is 9.41. The first-order chi connectivity index (χ1) is 16.1. The van der Waals surface area contributed by atoms with Crippen molar-refractivity contribution in [2.45, 2.75) is 82.0 Å². The van der Waals surface area contributed by atoms with Crippen LogP contribution in [0.2, 0.25) is 0 Å². The van der Waals surface area contributed by atoms with Gasteiger partial charge < -0.3 is 24.8 Å². The lowest BCUT2D eigenvalue weighted by Crippen LogP contribution is -2.68. The summed E-state index contributed by atoms with van der Waals surface area (Å²) < 4.78 is 9.94. The van der Waals surface area contributed by atoms with Gasteiger partial charge in [0.2, 0.25) is 0 Å². The fraction of sp³-hybridized carbons (Fsp3) is 0.808. The van der Waals surface area contributed by atoms with Crippen LogP contribution in [-0.2, 0) is 19.1 Å². The van der Waals surface area contributed by atoms with Crippen molar-refractivity contribution in [2.75, 3.05) is 20.3 Å². The molecule has 8 heteroatoms. The number of carbonyl (C=O) groups excluding carboxylic acids is 2. The van der Waals surface area contributed by atoms with E-state index in [2.05, 4.69) is 11.9 Å². The molecule has 4 saturated carbocycles. The van der Waals surface area contributed by atoms with Crippen LogP contribution < -0.4 is 0 Å². The maximum atomic E-state index is 12.4. The standard InChI is InChI=1S/C26H37NO7/c1-23-7-4-19-20(26(23,32)10-6-18(23)16-11-21(29)34-14-16)5-9-25(31)12-17(28)3-8-24(19,25)15-27-13-22(30)33-2/h11,15,17-20,28,31-32H,3-10,12-14H2,1-2H3/t17?,18?,19-,20?,23?,24?,25?,26?/m0/s1. The molecule has 7 unspecified atom stereocenters. The predicted octanol–water partition coefficient (Wildman–Crippen LogP) is 1.94. The van der Waals surface area contributed by atoms with Gasteiger partial charge in [0.05, 0.1) is 24.4 Å². The fourth-order valence-electron chi connectivity index (χ4n) is 8.71. The van der Waals surface area contributed by atoms with Gasteiger partial charge in [0.25, 0.3) is 0 Å². The molecular formula is C26H37NO7. The molecule has 0 amide bonds. The normalized spacial score (nSPS) is 48.0. The molecule has 0 aromatic heterocycles. The quantitative estimate of drug-likeness (QED) is 0.419. The van der Waals surface area contributed by atoms with E-state index in [4.69, 9.17) is 9.47 Å². The van der Waals surface area contributed by atoms with E-state index in [1.807, 2.05) is 0 Å². The third kappa shape index (κ3) is 3.24. The lowest BCUT2D eigenvalue weighted by molar-refractivity contribution is -0.237. The smallest absolute Gasteiger partial charge is 0.331 e. The van der Waals surface area contributed by atoms with Crippen LogP contribution in [0.3, 0.4) is 0 Å². The fourth-order valence-corrected chi connectivity index (χ4v) is 8.71. The zero-order valence-electron chi connectivity index (χ0n) is 20.2. The Kier molecular flexibility index (Phi) is 5.73. The molecule has 34 heavy (non-hydrogen) atoms. The summed E-state index contributed by atoms with van der Waals surface area (Å²) in [4.78, 5) is 27.9. The molecule has 188 valence electrons. The van der Waals surface area contributed by atoms with Crippen molar-refractivity contribution in [2.24, 2.45) is 33.6 Å². The largest absolute Gasteiger partial charge is 0.468 e. The van der Waals surface area contributed by atoms with E-state index in [1.54, 1.807) is 12.3 Å². The minimum atomic E-state index is -1.12. The van der Waals surface area contributed by atoms with Gasteiger partial charge in [0.15, 0.2) is 0 Å². The van der Waals surface area contributed by atoms with Crippen molar-refractivity contribution >= 4 is 18.2 Å². The van der Waals surface area contributed by atoms with Gasteiger partial charge in [-0.3, -0.25) is 9.79 Å². The van der Waals surface area contributed by atoms with Gasteiger partial charge in [0, 0.05) is 29.5 Å². The number of rotatable bonds is 4. The van der Waals surface area contributed by atoms with Crippen molar-refractivity contribution < 1.29 is 34.4 Å². The molecule has 1 aliphatic heterocycles. The number of cyclic esters (lactones) is 1. The number of aliphatic hydroxyl groups excluding tert-OH is 1. The monoisotopic (exact) mass is 475 g/mol. The van der Waals surface area contributed by atoms with Gasteiger partial charge in [-0.05, 0) is 74.7 Å². The molecule has 0 spiro atoms. The molecule has 8 nitrogen and oxygen atoms in total. The minimum Gasteiger partial charge on any atom is -0.468 e. The Morgan fingerprint density at radius 3 is 2.65 bits per heavy atom. The molecule has 3 N–H and O–H groups in total. The highest BCUT2D eigenvalue weighted by Gasteiger charge is 2.71. The Morgan fingerprint density at radius 2 is 1.94 bits per heavy atom. The molecular weight excluding hydrogens is 438 g/mol. The van der Waals surface area contributed by atoms with Gasteiger partial charge in [-0.2, -0.15) is 0 Å². The summed E-state index contributed by atoms with van der Waals surface area (Å²) in [5, 5.41) is 34.7. The third-order valence-corrected chi connectivity index (χ3v) is 10.4. The van der Waals surface area contributed by atoms with E-state index < -0.39 is 28.7 Å². The van der Waals surface area contributed by atoms with E-state index in [0.29, 0.717) is 38.7 Å². The highest BCUT2D eigenvalue weighted by molar-refractivity contribution is 5.85. The molecule has 0 saturated heterocycles. The molecule has 0 aromatic rings. The van der Waals surface area contributed by atoms with Crippen LogP contribution in [0.5, 0.6) is 0 Å². The van der Waals surface area contributed by atoms with Crippen LogP contribution in [0.4, 0.5) is 0 Å². The van der Waals surface area contributed by atoms with Crippen LogP contribution in [0.15, 0.2) is 16.6 Å². The minimum absolute atomic E-state index is 0.00703. The SMILES string of the molecule is COC(=O)CN=CC12CCC(O)CC1(O)CCC1[C@@H]2CCC2(C)C(C3=CC(=O)OC3)CCC12O. The predicted molar refractivity (Wildman–Crippen MR) is 123 cm³/mol. The van der Waals surface area contributed by atoms with Crippen molar-refractivity contribution in [1.29, 1.82) is 0 Å². The number of methoxy groups -OCH3 is 1. The molecule has 0 bridgehead atoms. The van der Waals surface area contributed by atoms with Crippen molar-refractivity contribution in [3.05, 3.63) is 11.6 Å². The first-order valence-corrected chi connectivity index (χ1v) is 12.7. The summed E-state index contributed by atoms with van der Waals surface area (Å²) >= 11 is 0. The van der Waals surface area contributed by atoms with E-state index in [-0.39, 0.29) is 42.1 Å². The summed E-state index contributed by atoms with van der Waals surface area (Å²) in [5.74, 6) is -0.674. The van der Waals surface area contributed by atoms with Gasteiger partial charge in [-0.25, -0.2) is 4.79 Å². The Labute approximate surface area is 200 Å². The second-order valence-corrected chi connectivity index (χ2v) is 11.6. The van der Waals surface area contributed by atoms with Crippen LogP contribution in [0, 0.1) is 28.6 Å². The van der Waals surface area contributed by atoms with Crippen LogP contribution in [-0.4, -0.2) is 71.0 Å². The second kappa shape index (κ2) is 8.14. The Hall–Kier alpha value is -1.77. The van der Waals surface area contributed by atoms with Crippen LogP contribution >= 0.6 is 0 Å². The first kappa shape index (κ1) is 23.9. The zero-order chi connectivity index (χ0) is 24.4.